The van der Waals surface area contributed by atoms with Crippen LogP contribution in [-0.2, 0) is 39.0 Å². The first-order chi connectivity index (χ1) is 20.4. The van der Waals surface area contributed by atoms with E-state index in [1.807, 2.05) is 63.2 Å². The molecule has 2 amide bonds. The van der Waals surface area contributed by atoms with E-state index in [0.29, 0.717) is 27.8 Å². The predicted molar refractivity (Wildman–Crippen MR) is 176 cm³/mol. The van der Waals surface area contributed by atoms with Crippen molar-refractivity contribution in [3.8, 4) is 0 Å². The third-order valence-corrected chi connectivity index (χ3v) is 9.03. The number of hydrogen-bond acceptors (Lipinski definition) is 4. The van der Waals surface area contributed by atoms with Crippen molar-refractivity contribution < 1.29 is 18.0 Å². The van der Waals surface area contributed by atoms with E-state index < -0.39 is 16.1 Å². The molecular formula is C33H41Cl2N3O4S. The van der Waals surface area contributed by atoms with Crippen LogP contribution in [0.5, 0.6) is 0 Å². The summed E-state index contributed by atoms with van der Waals surface area (Å²) in [6.45, 7) is 6.63. The van der Waals surface area contributed by atoms with E-state index in [-0.39, 0.29) is 50.1 Å². The van der Waals surface area contributed by atoms with Crippen LogP contribution in [-0.4, -0.2) is 50.5 Å². The molecule has 3 aromatic carbocycles. The molecule has 3 rings (SSSR count). The fourth-order valence-corrected chi connectivity index (χ4v) is 6.21. The van der Waals surface area contributed by atoms with Crippen molar-refractivity contribution in [3.05, 3.63) is 99.5 Å². The highest BCUT2D eigenvalue weighted by molar-refractivity contribution is 7.92. The molecule has 0 bridgehead atoms. The number of anilines is 1. The number of benzene rings is 3. The molecular weight excluding hydrogens is 605 g/mol. The lowest BCUT2D eigenvalue weighted by Gasteiger charge is -2.32. The smallest absolute Gasteiger partial charge is 0.243 e. The Morgan fingerprint density at radius 1 is 0.884 bits per heavy atom. The van der Waals surface area contributed by atoms with E-state index in [9.17, 15) is 18.0 Å². The summed E-state index contributed by atoms with van der Waals surface area (Å²) in [5, 5.41) is 3.78. The van der Waals surface area contributed by atoms with Crippen molar-refractivity contribution in [1.82, 2.24) is 10.2 Å². The zero-order valence-electron chi connectivity index (χ0n) is 25.2. The number of halogens is 2. The van der Waals surface area contributed by atoms with E-state index in [0.717, 1.165) is 23.8 Å². The Labute approximate surface area is 266 Å². The number of hydrogen-bond donors (Lipinski definition) is 1. The van der Waals surface area contributed by atoms with Gasteiger partial charge in [-0.05, 0) is 54.2 Å². The fraction of sp³-hybridized carbons (Fsp3) is 0.394. The van der Waals surface area contributed by atoms with Crippen LogP contribution >= 0.6 is 23.2 Å². The molecule has 0 radical (unpaired) electrons. The van der Waals surface area contributed by atoms with Crippen LogP contribution in [0.1, 0.15) is 50.3 Å². The van der Waals surface area contributed by atoms with E-state index in [4.69, 9.17) is 23.2 Å². The van der Waals surface area contributed by atoms with Crippen molar-refractivity contribution >= 4 is 50.7 Å². The Bertz CT molecular complexity index is 1440. The highest BCUT2D eigenvalue weighted by atomic mass is 35.5. The molecule has 232 valence electrons. The number of carbonyl (C=O) groups excluding carboxylic acids is 2. The summed E-state index contributed by atoms with van der Waals surface area (Å²) in [4.78, 5) is 29.2. The molecule has 7 nitrogen and oxygen atoms in total. The van der Waals surface area contributed by atoms with Crippen LogP contribution in [0.4, 0.5) is 5.69 Å². The average molecular weight is 647 g/mol. The summed E-state index contributed by atoms with van der Waals surface area (Å²) >= 11 is 13.0. The molecule has 1 N–H and O–H groups in total. The normalized spacial score (nSPS) is 12.2. The summed E-state index contributed by atoms with van der Waals surface area (Å²) < 4.78 is 26.7. The number of nitrogens with one attached hydrogen (secondary N) is 1. The second kappa shape index (κ2) is 16.1. The van der Waals surface area contributed by atoms with Crippen LogP contribution in [0.25, 0.3) is 0 Å². The number of carbonyl (C=O) groups is 2. The van der Waals surface area contributed by atoms with E-state index >= 15 is 0 Å². The highest BCUT2D eigenvalue weighted by Crippen LogP contribution is 2.28. The lowest BCUT2D eigenvalue weighted by atomic mass is 10.0. The molecule has 0 aliphatic heterocycles. The van der Waals surface area contributed by atoms with Crippen LogP contribution in [0.3, 0.4) is 0 Å². The van der Waals surface area contributed by atoms with Crippen LogP contribution < -0.4 is 9.62 Å². The Hall–Kier alpha value is -3.07. The number of aryl methyl sites for hydroxylation is 1. The van der Waals surface area contributed by atoms with E-state index in [1.165, 1.54) is 9.21 Å². The zero-order chi connectivity index (χ0) is 31.6. The third-order valence-electron chi connectivity index (χ3n) is 7.13. The minimum atomic E-state index is -3.59. The van der Waals surface area contributed by atoms with Gasteiger partial charge in [0.1, 0.15) is 6.04 Å². The molecule has 0 aliphatic rings. The maximum absolute atomic E-state index is 14.0. The average Bonchev–Trinajstić information content (AvgIpc) is 2.97. The van der Waals surface area contributed by atoms with Gasteiger partial charge in [0.2, 0.25) is 21.8 Å². The van der Waals surface area contributed by atoms with Crippen LogP contribution in [0.2, 0.25) is 10.0 Å². The summed E-state index contributed by atoms with van der Waals surface area (Å²) in [5.74, 6) is -0.355. The minimum absolute atomic E-state index is 0.0177. The molecule has 0 aliphatic carbocycles. The summed E-state index contributed by atoms with van der Waals surface area (Å²) in [5.41, 5.74) is 3.08. The molecule has 0 spiro atoms. The lowest BCUT2D eigenvalue weighted by molar-refractivity contribution is -0.141. The first kappa shape index (κ1) is 34.4. The number of amides is 2. The van der Waals surface area contributed by atoms with Gasteiger partial charge in [0.25, 0.3) is 0 Å². The molecule has 1 unspecified atom stereocenters. The van der Waals surface area contributed by atoms with Gasteiger partial charge in [0.05, 0.1) is 11.9 Å². The van der Waals surface area contributed by atoms with E-state index in [1.54, 1.807) is 30.3 Å². The standard InChI is InChI=1S/C33H41Cl2N3O4S/c1-5-25-16-18-27(19-17-25)38(43(4,41)42)20-10-15-32(39)37(23-28-29(34)13-9-14-30(28)35)31(33(40)36-22-24(2)3)21-26-11-7-6-8-12-26/h6-9,11-14,16-19,24,31H,5,10,15,20-23H2,1-4H3,(H,36,40). The van der Waals surface area contributed by atoms with Gasteiger partial charge in [0.15, 0.2) is 0 Å². The highest BCUT2D eigenvalue weighted by Gasteiger charge is 2.31. The van der Waals surface area contributed by atoms with Crippen LogP contribution in [0, 0.1) is 5.92 Å². The molecule has 0 fully saturated rings. The van der Waals surface area contributed by atoms with Crippen molar-refractivity contribution in [2.75, 3.05) is 23.7 Å². The maximum atomic E-state index is 14.0. The molecule has 0 aromatic heterocycles. The summed E-state index contributed by atoms with van der Waals surface area (Å²) in [6.07, 6.45) is 2.55. The van der Waals surface area contributed by atoms with Gasteiger partial charge in [-0.25, -0.2) is 8.42 Å². The van der Waals surface area contributed by atoms with E-state index in [2.05, 4.69) is 5.32 Å². The Balaban J connectivity index is 1.91. The Morgan fingerprint density at radius 3 is 2.07 bits per heavy atom. The first-order valence-electron chi connectivity index (χ1n) is 14.5. The molecule has 1 atom stereocenters. The molecule has 0 saturated carbocycles. The van der Waals surface area contributed by atoms with Crippen LogP contribution in [0.15, 0.2) is 72.8 Å². The number of sulfonamides is 1. The van der Waals surface area contributed by atoms with Gasteiger partial charge < -0.3 is 10.2 Å². The van der Waals surface area contributed by atoms with Gasteiger partial charge in [-0.2, -0.15) is 0 Å². The molecule has 43 heavy (non-hydrogen) atoms. The van der Waals surface area contributed by atoms with Gasteiger partial charge in [0, 0.05) is 48.1 Å². The predicted octanol–water partition coefficient (Wildman–Crippen LogP) is 6.51. The quantitative estimate of drug-likeness (QED) is 0.204. The molecule has 0 saturated heterocycles. The van der Waals surface area contributed by atoms with Crippen molar-refractivity contribution in [2.24, 2.45) is 5.92 Å². The van der Waals surface area contributed by atoms with Crippen molar-refractivity contribution in [1.29, 1.82) is 0 Å². The Morgan fingerprint density at radius 2 is 1.51 bits per heavy atom. The van der Waals surface area contributed by atoms with Crippen molar-refractivity contribution in [2.45, 2.75) is 59.0 Å². The number of nitrogens with zero attached hydrogens (tertiary/aromatic N) is 2. The number of rotatable bonds is 15. The first-order valence-corrected chi connectivity index (χ1v) is 17.1. The summed E-state index contributed by atoms with van der Waals surface area (Å²) in [6, 6.07) is 21.2. The monoisotopic (exact) mass is 645 g/mol. The molecule has 10 heteroatoms. The van der Waals surface area contributed by atoms with Gasteiger partial charge in [-0.1, -0.05) is 92.5 Å². The fourth-order valence-electron chi connectivity index (χ4n) is 4.73. The second-order valence-corrected chi connectivity index (χ2v) is 13.7. The maximum Gasteiger partial charge on any atom is 0.243 e. The van der Waals surface area contributed by atoms with Gasteiger partial charge in [-0.15, -0.1) is 0 Å². The molecule has 0 heterocycles. The largest absolute Gasteiger partial charge is 0.354 e. The van der Waals surface area contributed by atoms with Gasteiger partial charge >= 0.3 is 0 Å². The second-order valence-electron chi connectivity index (χ2n) is 11.0. The molecule has 3 aromatic rings. The van der Waals surface area contributed by atoms with Gasteiger partial charge in [-0.3, -0.25) is 13.9 Å². The summed E-state index contributed by atoms with van der Waals surface area (Å²) in [7, 11) is -3.59. The topological polar surface area (TPSA) is 86.8 Å². The lowest BCUT2D eigenvalue weighted by Crippen LogP contribution is -2.51. The Kier molecular flexibility index (Phi) is 12.9. The minimum Gasteiger partial charge on any atom is -0.354 e. The zero-order valence-corrected chi connectivity index (χ0v) is 27.6. The third kappa shape index (κ3) is 10.3. The van der Waals surface area contributed by atoms with Crippen molar-refractivity contribution in [3.63, 3.8) is 0 Å². The SMILES string of the molecule is CCc1ccc(N(CCCC(=O)N(Cc2c(Cl)cccc2Cl)C(Cc2ccccc2)C(=O)NCC(C)C)S(C)(=O)=O)cc1.